The van der Waals surface area contributed by atoms with Gasteiger partial charge in [0.25, 0.3) is 0 Å². The summed E-state index contributed by atoms with van der Waals surface area (Å²) in [5.41, 5.74) is 7.79. The van der Waals surface area contributed by atoms with Crippen LogP contribution in [0.25, 0.3) is 0 Å². The molecule has 0 saturated carbocycles. The molecule has 6 heteroatoms. The Hall–Kier alpha value is -1.14. The van der Waals surface area contributed by atoms with Crippen LogP contribution in [0.1, 0.15) is 18.4 Å². The number of halogens is 1. The standard InChI is InChI=1S/C14H16BrN3OS/c15-9-1-3-11(14(16)20)12(7-9)17-5-6-18-10(8-17)2-4-13(18)19/h1,3,7,10H,2,4-6,8H2,(H2,16,20). The maximum Gasteiger partial charge on any atom is 0.223 e. The van der Waals surface area contributed by atoms with Crippen LogP contribution in [0, 0.1) is 0 Å². The number of carbonyl (C=O) groups is 1. The van der Waals surface area contributed by atoms with Gasteiger partial charge in [0.15, 0.2) is 0 Å². The van der Waals surface area contributed by atoms with Crippen LogP contribution in [-0.4, -0.2) is 41.5 Å². The van der Waals surface area contributed by atoms with Crippen molar-refractivity contribution in [2.45, 2.75) is 18.9 Å². The second kappa shape index (κ2) is 5.33. The molecule has 4 nitrogen and oxygen atoms in total. The number of anilines is 1. The molecule has 20 heavy (non-hydrogen) atoms. The van der Waals surface area contributed by atoms with Crippen molar-refractivity contribution in [2.75, 3.05) is 24.5 Å². The molecule has 0 spiro atoms. The summed E-state index contributed by atoms with van der Waals surface area (Å²) >= 11 is 8.65. The lowest BCUT2D eigenvalue weighted by Gasteiger charge is -2.39. The number of hydrogen-bond donors (Lipinski definition) is 1. The smallest absolute Gasteiger partial charge is 0.223 e. The van der Waals surface area contributed by atoms with E-state index >= 15 is 0 Å². The number of nitrogens with two attached hydrogens (primary N) is 1. The first-order valence-corrected chi connectivity index (χ1v) is 7.90. The molecule has 2 N–H and O–H groups in total. The number of benzene rings is 1. The first kappa shape index (κ1) is 13.8. The Morgan fingerprint density at radius 1 is 1.40 bits per heavy atom. The lowest BCUT2D eigenvalue weighted by molar-refractivity contribution is -0.129. The number of fused-ring (bicyclic) bond motifs is 1. The number of hydrogen-bond acceptors (Lipinski definition) is 3. The molecule has 1 amide bonds. The van der Waals surface area contributed by atoms with Crippen molar-refractivity contribution in [2.24, 2.45) is 5.73 Å². The van der Waals surface area contributed by atoms with Crippen LogP contribution in [-0.2, 0) is 4.79 Å². The summed E-state index contributed by atoms with van der Waals surface area (Å²) in [5.74, 6) is 0.290. The van der Waals surface area contributed by atoms with Crippen LogP contribution >= 0.6 is 28.1 Å². The molecule has 0 bridgehead atoms. The van der Waals surface area contributed by atoms with Gasteiger partial charge in [-0.15, -0.1) is 0 Å². The molecular weight excluding hydrogens is 338 g/mol. The first-order valence-electron chi connectivity index (χ1n) is 6.70. The van der Waals surface area contributed by atoms with Gasteiger partial charge in [-0.1, -0.05) is 28.1 Å². The fraction of sp³-hybridized carbons (Fsp3) is 0.429. The summed E-state index contributed by atoms with van der Waals surface area (Å²) in [6.07, 6.45) is 1.63. The minimum atomic E-state index is 0.290. The lowest BCUT2D eigenvalue weighted by Crippen LogP contribution is -2.51. The minimum Gasteiger partial charge on any atom is -0.389 e. The van der Waals surface area contributed by atoms with Crippen molar-refractivity contribution in [3.05, 3.63) is 28.2 Å². The van der Waals surface area contributed by atoms with E-state index in [-0.39, 0.29) is 0 Å². The quantitative estimate of drug-likeness (QED) is 0.825. The van der Waals surface area contributed by atoms with Crippen molar-refractivity contribution < 1.29 is 4.79 Å². The number of nitrogens with zero attached hydrogens (tertiary/aromatic N) is 2. The van der Waals surface area contributed by atoms with E-state index in [1.807, 2.05) is 17.0 Å². The zero-order chi connectivity index (χ0) is 14.3. The highest BCUT2D eigenvalue weighted by atomic mass is 79.9. The number of carbonyl (C=O) groups excluding carboxylic acids is 1. The van der Waals surface area contributed by atoms with E-state index in [4.69, 9.17) is 18.0 Å². The fourth-order valence-electron chi connectivity index (χ4n) is 3.06. The van der Waals surface area contributed by atoms with Gasteiger partial charge in [0.05, 0.1) is 0 Å². The molecule has 0 aromatic heterocycles. The molecule has 106 valence electrons. The molecule has 1 atom stereocenters. The third-order valence-electron chi connectivity index (χ3n) is 4.06. The second-order valence-corrected chi connectivity index (χ2v) is 6.61. The Balaban J connectivity index is 1.89. The second-order valence-electron chi connectivity index (χ2n) is 5.25. The largest absolute Gasteiger partial charge is 0.389 e. The average Bonchev–Trinajstić information content (AvgIpc) is 2.79. The number of thiocarbonyl (C=S) groups is 1. The molecule has 2 aliphatic rings. The van der Waals surface area contributed by atoms with Crippen molar-refractivity contribution in [1.82, 2.24) is 4.90 Å². The molecule has 0 radical (unpaired) electrons. The predicted molar refractivity (Wildman–Crippen MR) is 87.0 cm³/mol. The van der Waals surface area contributed by atoms with E-state index in [1.165, 1.54) is 0 Å². The predicted octanol–water partition coefficient (Wildman–Crippen LogP) is 1.89. The Bertz CT molecular complexity index is 578. The number of amides is 1. The fourth-order valence-corrected chi connectivity index (χ4v) is 3.58. The highest BCUT2D eigenvalue weighted by molar-refractivity contribution is 9.10. The van der Waals surface area contributed by atoms with Gasteiger partial charge in [0.2, 0.25) is 5.91 Å². The van der Waals surface area contributed by atoms with Crippen molar-refractivity contribution in [3.63, 3.8) is 0 Å². The van der Waals surface area contributed by atoms with Crippen molar-refractivity contribution in [3.8, 4) is 0 Å². The summed E-state index contributed by atoms with van der Waals surface area (Å²) in [4.78, 5) is 16.5. The van der Waals surface area contributed by atoms with Gasteiger partial charge >= 0.3 is 0 Å². The third-order valence-corrected chi connectivity index (χ3v) is 4.77. The molecule has 2 saturated heterocycles. The minimum absolute atomic E-state index is 0.290. The molecule has 2 fully saturated rings. The van der Waals surface area contributed by atoms with Gasteiger partial charge in [-0.05, 0) is 24.6 Å². The van der Waals surface area contributed by atoms with Crippen molar-refractivity contribution in [1.29, 1.82) is 0 Å². The van der Waals surface area contributed by atoms with E-state index < -0.39 is 0 Å². The number of piperazine rings is 1. The molecule has 1 aromatic carbocycles. The molecule has 1 unspecified atom stereocenters. The Labute approximate surface area is 132 Å². The normalized spacial score (nSPS) is 22.1. The van der Waals surface area contributed by atoms with Gasteiger partial charge in [-0.2, -0.15) is 0 Å². The summed E-state index contributed by atoms with van der Waals surface area (Å²) < 4.78 is 1.01. The Morgan fingerprint density at radius 3 is 2.95 bits per heavy atom. The van der Waals surface area contributed by atoms with Crippen LogP contribution in [0.4, 0.5) is 5.69 Å². The van der Waals surface area contributed by atoms with Gasteiger partial charge in [0.1, 0.15) is 4.99 Å². The van der Waals surface area contributed by atoms with Gasteiger partial charge in [-0.3, -0.25) is 4.79 Å². The van der Waals surface area contributed by atoms with E-state index in [0.717, 1.165) is 41.8 Å². The van der Waals surface area contributed by atoms with Crippen LogP contribution in [0.2, 0.25) is 0 Å². The van der Waals surface area contributed by atoms with Crippen LogP contribution in [0.15, 0.2) is 22.7 Å². The maximum atomic E-state index is 11.7. The third kappa shape index (κ3) is 2.42. The first-order chi connectivity index (χ1) is 9.56. The monoisotopic (exact) mass is 353 g/mol. The highest BCUT2D eigenvalue weighted by Crippen LogP contribution is 2.30. The Morgan fingerprint density at radius 2 is 2.20 bits per heavy atom. The highest BCUT2D eigenvalue weighted by Gasteiger charge is 2.36. The molecular formula is C14H16BrN3OS. The van der Waals surface area contributed by atoms with Crippen LogP contribution < -0.4 is 10.6 Å². The van der Waals surface area contributed by atoms with Crippen molar-refractivity contribution >= 4 is 44.7 Å². The molecule has 2 aliphatic heterocycles. The SMILES string of the molecule is NC(=S)c1ccc(Br)cc1N1CCN2C(=O)CCC2C1. The molecule has 1 aromatic rings. The van der Waals surface area contributed by atoms with Gasteiger partial charge in [-0.25, -0.2) is 0 Å². The molecule has 3 rings (SSSR count). The average molecular weight is 354 g/mol. The van der Waals surface area contributed by atoms with Crippen LogP contribution in [0.5, 0.6) is 0 Å². The summed E-state index contributed by atoms with van der Waals surface area (Å²) in [5, 5.41) is 0. The molecule has 2 heterocycles. The molecule has 0 aliphatic carbocycles. The lowest BCUT2D eigenvalue weighted by atomic mass is 10.1. The summed E-state index contributed by atoms with van der Waals surface area (Å²) in [6, 6.07) is 6.29. The van der Waals surface area contributed by atoms with E-state index in [2.05, 4.69) is 26.9 Å². The Kier molecular flexibility index (Phi) is 3.69. The van der Waals surface area contributed by atoms with Gasteiger partial charge in [0, 0.05) is 47.8 Å². The summed E-state index contributed by atoms with van der Waals surface area (Å²) in [6.45, 7) is 2.47. The zero-order valence-corrected chi connectivity index (χ0v) is 13.4. The van der Waals surface area contributed by atoms with Gasteiger partial charge < -0.3 is 15.5 Å². The number of rotatable bonds is 2. The topological polar surface area (TPSA) is 49.6 Å². The van der Waals surface area contributed by atoms with E-state index in [0.29, 0.717) is 23.4 Å². The maximum absolute atomic E-state index is 11.7. The van der Waals surface area contributed by atoms with Crippen LogP contribution in [0.3, 0.4) is 0 Å². The zero-order valence-electron chi connectivity index (χ0n) is 11.0. The van der Waals surface area contributed by atoms with E-state index in [9.17, 15) is 4.79 Å². The van der Waals surface area contributed by atoms with E-state index in [1.54, 1.807) is 0 Å². The summed E-state index contributed by atoms with van der Waals surface area (Å²) in [7, 11) is 0.